The number of fused-ring (bicyclic) bond motifs is 1. The number of halogens is 1. The number of hydrogen-bond acceptors (Lipinski definition) is 7. The van der Waals surface area contributed by atoms with Crippen molar-refractivity contribution in [3.8, 4) is 22.6 Å². The van der Waals surface area contributed by atoms with Crippen LogP contribution in [0, 0.1) is 12.7 Å². The lowest BCUT2D eigenvalue weighted by atomic mass is 9.91. The Morgan fingerprint density at radius 3 is 2.45 bits per heavy atom. The fourth-order valence-corrected chi connectivity index (χ4v) is 5.01. The van der Waals surface area contributed by atoms with E-state index in [4.69, 9.17) is 9.47 Å². The second-order valence-corrected chi connectivity index (χ2v) is 11.4. The molecule has 0 unspecified atom stereocenters. The Hall–Kier alpha value is -4.31. The standard InChI is InChI=1S/C32H40FN5O4/c1-20-9-10-21(33)17-27(20)34-19-25-23(13-14-26-29(25)38(7)30(39)32(2,3)35-26)24-12-11-22(18-28(24)41-8)42-31(40)37(6)16-15-36(4)5/h9-14,17-18,34-35H,15-16,19H2,1-8H3. The van der Waals surface area contributed by atoms with Crippen LogP contribution in [0.2, 0.25) is 0 Å². The molecule has 1 heterocycles. The van der Waals surface area contributed by atoms with Gasteiger partial charge in [0.1, 0.15) is 22.9 Å². The summed E-state index contributed by atoms with van der Waals surface area (Å²) in [5, 5.41) is 6.73. The molecule has 3 aromatic rings. The maximum Gasteiger partial charge on any atom is 0.415 e. The average Bonchev–Trinajstić information content (AvgIpc) is 2.94. The third-order valence-corrected chi connectivity index (χ3v) is 7.42. The highest BCUT2D eigenvalue weighted by molar-refractivity contribution is 6.09. The Morgan fingerprint density at radius 1 is 1.05 bits per heavy atom. The van der Waals surface area contributed by atoms with Crippen LogP contribution in [0.25, 0.3) is 11.1 Å². The van der Waals surface area contributed by atoms with Gasteiger partial charge in [0.05, 0.1) is 18.5 Å². The number of ether oxygens (including phenoxy) is 2. The van der Waals surface area contributed by atoms with E-state index in [0.717, 1.165) is 33.6 Å². The van der Waals surface area contributed by atoms with Crippen molar-refractivity contribution in [2.24, 2.45) is 0 Å². The number of nitrogens with one attached hydrogen (secondary N) is 2. The second kappa shape index (κ2) is 12.3. The van der Waals surface area contributed by atoms with E-state index in [-0.39, 0.29) is 11.7 Å². The van der Waals surface area contributed by atoms with Gasteiger partial charge in [-0.1, -0.05) is 12.1 Å². The highest BCUT2D eigenvalue weighted by Gasteiger charge is 2.38. The summed E-state index contributed by atoms with van der Waals surface area (Å²) in [4.78, 5) is 31.1. The van der Waals surface area contributed by atoms with E-state index in [1.165, 1.54) is 17.0 Å². The maximum atomic E-state index is 14.1. The molecule has 1 aliphatic heterocycles. The Bertz CT molecular complexity index is 1490. The van der Waals surface area contributed by atoms with Crippen molar-refractivity contribution in [2.75, 3.05) is 63.9 Å². The Balaban J connectivity index is 1.75. The number of nitrogens with zero attached hydrogens (tertiary/aromatic N) is 3. The SMILES string of the molecule is COc1cc(OC(=O)N(C)CCN(C)C)ccc1-c1ccc2c(c1CNc1cc(F)ccc1C)N(C)C(=O)C(C)(C)N2. The summed E-state index contributed by atoms with van der Waals surface area (Å²) in [5.74, 6) is 0.426. The molecule has 224 valence electrons. The molecule has 0 fully saturated rings. The molecular formula is C32H40FN5O4. The molecule has 0 aliphatic carbocycles. The molecule has 3 aromatic carbocycles. The van der Waals surface area contributed by atoms with Gasteiger partial charge in [-0.2, -0.15) is 0 Å². The maximum absolute atomic E-state index is 14.1. The molecular weight excluding hydrogens is 537 g/mol. The summed E-state index contributed by atoms with van der Waals surface area (Å²) in [7, 11) is 8.89. The minimum atomic E-state index is -0.782. The molecule has 0 atom stereocenters. The van der Waals surface area contributed by atoms with E-state index >= 15 is 0 Å². The van der Waals surface area contributed by atoms with Crippen molar-refractivity contribution >= 4 is 29.1 Å². The molecule has 42 heavy (non-hydrogen) atoms. The Morgan fingerprint density at radius 2 is 1.76 bits per heavy atom. The van der Waals surface area contributed by atoms with Gasteiger partial charge in [-0.15, -0.1) is 0 Å². The topological polar surface area (TPSA) is 86.4 Å². The van der Waals surface area contributed by atoms with Crippen molar-refractivity contribution in [2.45, 2.75) is 32.9 Å². The number of carbonyl (C=O) groups is 2. The van der Waals surface area contributed by atoms with Gasteiger partial charge in [-0.3, -0.25) is 4.79 Å². The molecule has 0 saturated heterocycles. The minimum Gasteiger partial charge on any atom is -0.496 e. The van der Waals surface area contributed by atoms with E-state index in [0.29, 0.717) is 36.8 Å². The molecule has 0 saturated carbocycles. The number of anilines is 3. The fourth-order valence-electron chi connectivity index (χ4n) is 5.01. The molecule has 0 aromatic heterocycles. The molecule has 0 spiro atoms. The molecule has 9 nitrogen and oxygen atoms in total. The predicted molar refractivity (Wildman–Crippen MR) is 165 cm³/mol. The highest BCUT2D eigenvalue weighted by atomic mass is 19.1. The van der Waals surface area contributed by atoms with Gasteiger partial charge in [0.15, 0.2) is 0 Å². The highest BCUT2D eigenvalue weighted by Crippen LogP contribution is 2.45. The van der Waals surface area contributed by atoms with Crippen LogP contribution in [0.5, 0.6) is 11.5 Å². The first-order valence-corrected chi connectivity index (χ1v) is 13.8. The number of hydrogen-bond donors (Lipinski definition) is 2. The van der Waals surface area contributed by atoms with Crippen LogP contribution in [-0.2, 0) is 11.3 Å². The van der Waals surface area contributed by atoms with Crippen LogP contribution in [0.1, 0.15) is 25.0 Å². The number of methoxy groups -OCH3 is 1. The van der Waals surface area contributed by atoms with Crippen LogP contribution in [-0.4, -0.2) is 75.7 Å². The third kappa shape index (κ3) is 6.44. The quantitative estimate of drug-likeness (QED) is 0.343. The number of benzene rings is 3. The van der Waals surface area contributed by atoms with Gasteiger partial charge < -0.3 is 34.8 Å². The summed E-state index contributed by atoms with van der Waals surface area (Å²) in [6.45, 7) is 7.13. The van der Waals surface area contributed by atoms with Gasteiger partial charge in [-0.05, 0) is 76.3 Å². The normalized spacial score (nSPS) is 13.9. The summed E-state index contributed by atoms with van der Waals surface area (Å²) >= 11 is 0. The van der Waals surface area contributed by atoms with Crippen LogP contribution in [0.4, 0.5) is 26.2 Å². The van der Waals surface area contributed by atoms with E-state index < -0.39 is 11.6 Å². The summed E-state index contributed by atoms with van der Waals surface area (Å²) in [6.07, 6.45) is -0.468. The smallest absolute Gasteiger partial charge is 0.415 e. The first kappa shape index (κ1) is 30.6. The Kier molecular flexibility index (Phi) is 8.96. The molecule has 2 amide bonds. The van der Waals surface area contributed by atoms with Gasteiger partial charge in [0.2, 0.25) is 0 Å². The number of aryl methyl sites for hydroxylation is 1. The van der Waals surface area contributed by atoms with Crippen LogP contribution in [0.15, 0.2) is 48.5 Å². The summed E-state index contributed by atoms with van der Waals surface area (Å²) < 4.78 is 25.5. The van der Waals surface area contributed by atoms with E-state index in [1.807, 2.05) is 58.0 Å². The number of rotatable bonds is 9. The van der Waals surface area contributed by atoms with Gasteiger partial charge in [0.25, 0.3) is 5.91 Å². The number of carbonyl (C=O) groups excluding carboxylic acids is 2. The zero-order valence-corrected chi connectivity index (χ0v) is 25.6. The molecule has 10 heteroatoms. The van der Waals surface area contributed by atoms with Crippen molar-refractivity contribution < 1.29 is 23.5 Å². The predicted octanol–water partition coefficient (Wildman–Crippen LogP) is 5.58. The summed E-state index contributed by atoms with van der Waals surface area (Å²) in [6, 6.07) is 13.8. The Labute approximate surface area is 247 Å². The van der Waals surface area contributed by atoms with Gasteiger partial charge >= 0.3 is 6.09 Å². The van der Waals surface area contributed by atoms with Crippen molar-refractivity contribution in [1.82, 2.24) is 9.80 Å². The van der Waals surface area contributed by atoms with Gasteiger partial charge in [0, 0.05) is 56.6 Å². The van der Waals surface area contributed by atoms with Crippen LogP contribution >= 0.6 is 0 Å². The van der Waals surface area contributed by atoms with E-state index in [9.17, 15) is 14.0 Å². The lowest BCUT2D eigenvalue weighted by Gasteiger charge is -2.40. The second-order valence-electron chi connectivity index (χ2n) is 11.4. The first-order valence-electron chi connectivity index (χ1n) is 13.8. The molecule has 2 N–H and O–H groups in total. The largest absolute Gasteiger partial charge is 0.496 e. The molecule has 0 radical (unpaired) electrons. The van der Waals surface area contributed by atoms with Gasteiger partial charge in [-0.25, -0.2) is 9.18 Å². The molecule has 4 rings (SSSR count). The minimum absolute atomic E-state index is 0.0806. The number of amides is 2. The van der Waals surface area contributed by atoms with E-state index in [1.54, 1.807) is 44.3 Å². The van der Waals surface area contributed by atoms with Crippen molar-refractivity contribution in [3.63, 3.8) is 0 Å². The lowest BCUT2D eigenvalue weighted by Crippen LogP contribution is -2.52. The third-order valence-electron chi connectivity index (χ3n) is 7.42. The first-order chi connectivity index (χ1) is 19.8. The zero-order chi connectivity index (χ0) is 30.8. The van der Waals surface area contributed by atoms with Crippen LogP contribution in [0.3, 0.4) is 0 Å². The fraction of sp³-hybridized carbons (Fsp3) is 0.375. The van der Waals surface area contributed by atoms with E-state index in [2.05, 4.69) is 10.6 Å². The number of likely N-dealkylation sites (N-methyl/N-ethyl adjacent to an activating group) is 3. The van der Waals surface area contributed by atoms with Crippen LogP contribution < -0.4 is 25.0 Å². The van der Waals surface area contributed by atoms with Crippen molar-refractivity contribution in [1.29, 1.82) is 0 Å². The molecule has 1 aliphatic rings. The monoisotopic (exact) mass is 577 g/mol. The average molecular weight is 578 g/mol. The molecule has 0 bridgehead atoms. The van der Waals surface area contributed by atoms with Crippen molar-refractivity contribution in [3.05, 3.63) is 65.5 Å². The lowest BCUT2D eigenvalue weighted by molar-refractivity contribution is -0.121. The zero-order valence-electron chi connectivity index (χ0n) is 25.6. The summed E-state index contributed by atoms with van der Waals surface area (Å²) in [5.41, 5.74) is 4.68.